The predicted molar refractivity (Wildman–Crippen MR) is 165 cm³/mol. The predicted octanol–water partition coefficient (Wildman–Crippen LogP) is 4.92. The van der Waals surface area contributed by atoms with Gasteiger partial charge in [0.1, 0.15) is 12.6 Å². The van der Waals surface area contributed by atoms with E-state index in [1.54, 1.807) is 24.3 Å². The number of carbonyl (C=O) groups excluding carboxylic acids is 2. The summed E-state index contributed by atoms with van der Waals surface area (Å²) in [6.45, 7) is 7.35. The maximum atomic E-state index is 14.1. The third kappa shape index (κ3) is 9.06. The molecule has 0 bridgehead atoms. The summed E-state index contributed by atoms with van der Waals surface area (Å²) in [6.07, 6.45) is 1.36. The Morgan fingerprint density at radius 2 is 1.51 bits per heavy atom. The van der Waals surface area contributed by atoms with Gasteiger partial charge in [0.2, 0.25) is 21.8 Å². The normalized spacial score (nSPS) is 12.5. The molecular formula is C30H36IN3O4S. The number of hydrogen-bond donors (Lipinski definition) is 1. The first kappa shape index (κ1) is 30.6. The molecule has 0 fully saturated rings. The minimum Gasteiger partial charge on any atom is -0.350 e. The molecule has 7 nitrogen and oxygen atoms in total. The molecule has 1 N–H and O–H groups in total. The molecule has 1 atom stereocenters. The molecule has 3 rings (SSSR count). The number of nitrogens with one attached hydrogen (secondary N) is 1. The van der Waals surface area contributed by atoms with Crippen LogP contribution in [0.2, 0.25) is 0 Å². The first-order valence-electron chi connectivity index (χ1n) is 12.7. The van der Waals surface area contributed by atoms with E-state index in [4.69, 9.17) is 0 Å². The third-order valence-electron chi connectivity index (χ3n) is 6.17. The van der Waals surface area contributed by atoms with Gasteiger partial charge in [-0.25, -0.2) is 8.42 Å². The van der Waals surface area contributed by atoms with Gasteiger partial charge in [0.15, 0.2) is 0 Å². The van der Waals surface area contributed by atoms with Gasteiger partial charge in [0.25, 0.3) is 0 Å². The minimum absolute atomic E-state index is 0.158. The van der Waals surface area contributed by atoms with Crippen LogP contribution in [0.25, 0.3) is 0 Å². The van der Waals surface area contributed by atoms with E-state index in [0.717, 1.165) is 30.8 Å². The highest BCUT2D eigenvalue weighted by Crippen LogP contribution is 2.22. The number of sulfonamides is 1. The summed E-state index contributed by atoms with van der Waals surface area (Å²) in [5.74, 6) is -0.763. The van der Waals surface area contributed by atoms with Gasteiger partial charge in [0.05, 0.1) is 11.9 Å². The quantitative estimate of drug-likeness (QED) is 0.313. The molecule has 9 heteroatoms. The van der Waals surface area contributed by atoms with Crippen LogP contribution in [-0.2, 0) is 32.6 Å². The lowest BCUT2D eigenvalue weighted by molar-refractivity contribution is -0.140. The van der Waals surface area contributed by atoms with Crippen molar-refractivity contribution in [2.24, 2.45) is 0 Å². The fraction of sp³-hybridized carbons (Fsp3) is 0.333. The van der Waals surface area contributed by atoms with Crippen molar-refractivity contribution in [2.75, 3.05) is 17.1 Å². The fourth-order valence-electron chi connectivity index (χ4n) is 4.20. The zero-order chi connectivity index (χ0) is 28.8. The van der Waals surface area contributed by atoms with E-state index in [1.165, 1.54) is 4.90 Å². The highest BCUT2D eigenvalue weighted by Gasteiger charge is 2.34. The summed E-state index contributed by atoms with van der Waals surface area (Å²) in [7, 11) is -3.79. The van der Waals surface area contributed by atoms with Crippen LogP contribution in [0.15, 0.2) is 78.9 Å². The lowest BCUT2D eigenvalue weighted by atomic mass is 10.00. The number of hydrogen-bond acceptors (Lipinski definition) is 4. The number of halogens is 1. The van der Waals surface area contributed by atoms with Gasteiger partial charge in [-0.15, -0.1) is 0 Å². The van der Waals surface area contributed by atoms with Crippen LogP contribution < -0.4 is 9.62 Å². The zero-order valence-electron chi connectivity index (χ0n) is 23.0. The average Bonchev–Trinajstić information content (AvgIpc) is 2.85. The van der Waals surface area contributed by atoms with Crippen molar-refractivity contribution in [1.82, 2.24) is 10.2 Å². The maximum absolute atomic E-state index is 14.1. The van der Waals surface area contributed by atoms with E-state index in [0.29, 0.717) is 5.69 Å². The van der Waals surface area contributed by atoms with Crippen LogP contribution in [-0.4, -0.2) is 49.5 Å². The van der Waals surface area contributed by atoms with Crippen molar-refractivity contribution in [3.8, 4) is 0 Å². The number of benzene rings is 3. The molecule has 0 heterocycles. The summed E-state index contributed by atoms with van der Waals surface area (Å²) < 4.78 is 27.7. The van der Waals surface area contributed by atoms with Gasteiger partial charge in [0, 0.05) is 22.1 Å². The Bertz CT molecular complexity index is 1390. The second-order valence-electron chi connectivity index (χ2n) is 10.6. The first-order chi connectivity index (χ1) is 18.2. The highest BCUT2D eigenvalue weighted by atomic mass is 127. The van der Waals surface area contributed by atoms with Crippen LogP contribution >= 0.6 is 22.6 Å². The van der Waals surface area contributed by atoms with Crippen molar-refractivity contribution in [1.29, 1.82) is 0 Å². The summed E-state index contributed by atoms with van der Waals surface area (Å²) in [6, 6.07) is 23.3. The van der Waals surface area contributed by atoms with Crippen LogP contribution in [0.1, 0.15) is 37.5 Å². The molecule has 1 unspecified atom stereocenters. The minimum atomic E-state index is -3.79. The van der Waals surface area contributed by atoms with E-state index in [2.05, 4.69) is 27.9 Å². The number of anilines is 1. The maximum Gasteiger partial charge on any atom is 0.244 e. The third-order valence-corrected chi connectivity index (χ3v) is 8.02. The molecule has 0 saturated carbocycles. The van der Waals surface area contributed by atoms with Crippen LogP contribution in [0.3, 0.4) is 0 Å². The molecule has 0 aromatic heterocycles. The van der Waals surface area contributed by atoms with Gasteiger partial charge < -0.3 is 10.2 Å². The summed E-state index contributed by atoms with van der Waals surface area (Å²) in [4.78, 5) is 29.3. The van der Waals surface area contributed by atoms with Crippen molar-refractivity contribution in [2.45, 2.75) is 52.2 Å². The zero-order valence-corrected chi connectivity index (χ0v) is 26.0. The van der Waals surface area contributed by atoms with Crippen molar-refractivity contribution in [3.63, 3.8) is 0 Å². The van der Waals surface area contributed by atoms with Crippen molar-refractivity contribution < 1.29 is 18.0 Å². The van der Waals surface area contributed by atoms with E-state index < -0.39 is 34.1 Å². The van der Waals surface area contributed by atoms with Gasteiger partial charge in [-0.05, 0) is 91.2 Å². The Morgan fingerprint density at radius 3 is 2.08 bits per heavy atom. The molecule has 0 spiro atoms. The average molecular weight is 662 g/mol. The lowest BCUT2D eigenvalue weighted by Crippen LogP contribution is -2.56. The van der Waals surface area contributed by atoms with Gasteiger partial charge >= 0.3 is 0 Å². The van der Waals surface area contributed by atoms with Crippen LogP contribution in [0.4, 0.5) is 5.69 Å². The SMILES string of the molecule is Cc1ccccc1CN(C(=O)CN(c1ccc(I)cc1)S(C)(=O)=O)C(Cc1ccccc1)C(=O)NC(C)(C)C. The lowest BCUT2D eigenvalue weighted by Gasteiger charge is -2.35. The Labute approximate surface area is 245 Å². The molecule has 0 aliphatic carbocycles. The van der Waals surface area contributed by atoms with Crippen LogP contribution in [0.5, 0.6) is 0 Å². The Kier molecular flexibility index (Phi) is 10.2. The smallest absolute Gasteiger partial charge is 0.244 e. The molecule has 0 radical (unpaired) electrons. The molecule has 3 aromatic rings. The fourth-order valence-corrected chi connectivity index (χ4v) is 5.41. The number of rotatable bonds is 10. The molecule has 2 amide bonds. The Hall–Kier alpha value is -2.92. The molecule has 0 saturated heterocycles. The number of carbonyl (C=O) groups is 2. The second kappa shape index (κ2) is 13.0. The Balaban J connectivity index is 2.08. The molecule has 39 heavy (non-hydrogen) atoms. The van der Waals surface area contributed by atoms with E-state index in [1.807, 2.05) is 82.3 Å². The largest absolute Gasteiger partial charge is 0.350 e. The summed E-state index contributed by atoms with van der Waals surface area (Å²) in [5.41, 5.74) is 2.62. The summed E-state index contributed by atoms with van der Waals surface area (Å²) in [5, 5.41) is 3.03. The van der Waals surface area contributed by atoms with Crippen molar-refractivity contribution >= 4 is 50.1 Å². The first-order valence-corrected chi connectivity index (χ1v) is 15.6. The summed E-state index contributed by atoms with van der Waals surface area (Å²) >= 11 is 2.14. The van der Waals surface area contributed by atoms with Gasteiger partial charge in [-0.2, -0.15) is 0 Å². The van der Waals surface area contributed by atoms with Crippen LogP contribution in [0, 0.1) is 10.5 Å². The number of aryl methyl sites for hydroxylation is 1. The van der Waals surface area contributed by atoms with E-state index in [9.17, 15) is 18.0 Å². The van der Waals surface area contributed by atoms with Gasteiger partial charge in [-0.1, -0.05) is 54.6 Å². The number of nitrogens with zero attached hydrogens (tertiary/aromatic N) is 2. The highest BCUT2D eigenvalue weighted by molar-refractivity contribution is 14.1. The number of amides is 2. The van der Waals surface area contributed by atoms with Gasteiger partial charge in [-0.3, -0.25) is 13.9 Å². The molecule has 208 valence electrons. The Morgan fingerprint density at radius 1 is 0.923 bits per heavy atom. The van der Waals surface area contributed by atoms with Crippen molar-refractivity contribution in [3.05, 3.63) is 99.1 Å². The molecule has 0 aliphatic rings. The molecular weight excluding hydrogens is 625 g/mol. The molecule has 3 aromatic carbocycles. The monoisotopic (exact) mass is 661 g/mol. The topological polar surface area (TPSA) is 86.8 Å². The standard InChI is InChI=1S/C30H36IN3O4S/c1-22-11-9-10-14-24(22)20-33(27(29(36)32-30(2,3)4)19-23-12-7-6-8-13-23)28(35)21-34(39(5,37)38)26-17-15-25(31)16-18-26/h6-18,27H,19-21H2,1-5H3,(H,32,36). The molecule has 0 aliphatic heterocycles. The second-order valence-corrected chi connectivity index (χ2v) is 13.8. The van der Waals surface area contributed by atoms with E-state index in [-0.39, 0.29) is 18.9 Å². The van der Waals surface area contributed by atoms with E-state index >= 15 is 0 Å².